The molecule has 0 bridgehead atoms. The first-order chi connectivity index (χ1) is 11.8. The molecule has 2 rings (SSSR count). The maximum atomic E-state index is 13.0. The number of alkyl halides is 1. The van der Waals surface area contributed by atoms with Crippen molar-refractivity contribution in [1.82, 2.24) is 15.0 Å². The first-order valence-electron chi connectivity index (χ1n) is 7.06. The Hall–Kier alpha value is -2.46. The molecular weight excluding hydrogens is 370 g/mol. The third kappa shape index (κ3) is 3.97. The van der Waals surface area contributed by atoms with Gasteiger partial charge in [0.2, 0.25) is 0 Å². The lowest BCUT2D eigenvalue weighted by molar-refractivity contribution is 0.256. The molecule has 1 aromatic carbocycles. The fraction of sp³-hybridized carbons (Fsp3) is 0.286. The van der Waals surface area contributed by atoms with E-state index in [9.17, 15) is 13.2 Å². The highest BCUT2D eigenvalue weighted by Gasteiger charge is 2.34. The molecule has 0 spiro atoms. The third-order valence-corrected chi connectivity index (χ3v) is 5.10. The molecule has 25 heavy (non-hydrogen) atoms. The quantitative estimate of drug-likeness (QED) is 0.740. The fourth-order valence-corrected chi connectivity index (χ4v) is 3.80. The van der Waals surface area contributed by atoms with Crippen LogP contribution in [0.4, 0.5) is 10.7 Å². The number of nitrogens with zero attached hydrogens (tertiary/aromatic N) is 4. The number of methoxy groups -OCH3 is 1. The van der Waals surface area contributed by atoms with Gasteiger partial charge in [0.05, 0.1) is 12.0 Å². The van der Waals surface area contributed by atoms with Crippen LogP contribution in [0, 0.1) is 6.92 Å². The Morgan fingerprint density at radius 2 is 1.96 bits per heavy atom. The topological polar surface area (TPSA) is 128 Å². The Labute approximate surface area is 149 Å². The number of benzene rings is 1. The number of rotatable bonds is 6. The van der Waals surface area contributed by atoms with Crippen LogP contribution in [0.5, 0.6) is 6.01 Å². The molecule has 0 saturated carbocycles. The first-order valence-corrected chi connectivity index (χ1v) is 9.04. The summed E-state index contributed by atoms with van der Waals surface area (Å²) in [4.78, 5) is 23.4. The summed E-state index contributed by atoms with van der Waals surface area (Å²) in [7, 11) is -3.05. The number of anilines is 1. The molecule has 1 heterocycles. The van der Waals surface area contributed by atoms with Crippen molar-refractivity contribution < 1.29 is 17.9 Å². The minimum Gasteiger partial charge on any atom is -0.467 e. The average Bonchev–Trinajstić information content (AvgIpc) is 2.54. The van der Waals surface area contributed by atoms with Crippen LogP contribution in [0.25, 0.3) is 0 Å². The van der Waals surface area contributed by atoms with E-state index in [2.05, 4.69) is 15.0 Å². The third-order valence-electron chi connectivity index (χ3n) is 3.13. The number of nitrogens with two attached hydrogens (primary N) is 1. The Bertz CT molecular complexity index is 891. The van der Waals surface area contributed by atoms with Gasteiger partial charge in [-0.2, -0.15) is 15.0 Å². The number of hydrogen-bond donors (Lipinski definition) is 1. The molecule has 2 N–H and O–H groups in total. The zero-order chi connectivity index (χ0) is 18.6. The zero-order valence-electron chi connectivity index (χ0n) is 13.5. The predicted molar refractivity (Wildman–Crippen MR) is 91.2 cm³/mol. The molecule has 0 aliphatic rings. The number of aromatic nitrogens is 3. The normalized spacial score (nSPS) is 11.2. The molecule has 0 aliphatic heterocycles. The smallest absolute Gasteiger partial charge is 0.336 e. The summed E-state index contributed by atoms with van der Waals surface area (Å²) in [6.45, 7) is 1.50. The van der Waals surface area contributed by atoms with E-state index < -0.39 is 22.0 Å². The molecule has 1 aromatic heterocycles. The van der Waals surface area contributed by atoms with Crippen molar-refractivity contribution in [2.75, 3.05) is 17.3 Å². The Morgan fingerprint density at radius 1 is 1.28 bits per heavy atom. The van der Waals surface area contributed by atoms with Gasteiger partial charge in [0.1, 0.15) is 5.82 Å². The lowest BCUT2D eigenvalue weighted by Crippen LogP contribution is -2.42. The van der Waals surface area contributed by atoms with E-state index in [1.54, 1.807) is 12.1 Å². The van der Waals surface area contributed by atoms with Gasteiger partial charge in [0, 0.05) is 5.88 Å². The molecule has 134 valence electrons. The molecule has 2 amide bonds. The second kappa shape index (κ2) is 7.62. The number of ether oxygens (including phenoxy) is 1. The van der Waals surface area contributed by atoms with Gasteiger partial charge >= 0.3 is 12.0 Å². The van der Waals surface area contributed by atoms with Crippen molar-refractivity contribution in [2.45, 2.75) is 18.2 Å². The van der Waals surface area contributed by atoms with Crippen LogP contribution < -0.4 is 14.8 Å². The monoisotopic (exact) mass is 385 g/mol. The van der Waals surface area contributed by atoms with Gasteiger partial charge in [-0.3, -0.25) is 0 Å². The van der Waals surface area contributed by atoms with E-state index in [0.717, 1.165) is 0 Å². The second-order valence-electron chi connectivity index (χ2n) is 4.82. The second-order valence-corrected chi connectivity index (χ2v) is 6.96. The van der Waals surface area contributed by atoms with E-state index in [0.29, 0.717) is 16.3 Å². The van der Waals surface area contributed by atoms with Crippen molar-refractivity contribution in [3.63, 3.8) is 0 Å². The van der Waals surface area contributed by atoms with Gasteiger partial charge in [-0.25, -0.2) is 13.2 Å². The maximum absolute atomic E-state index is 13.0. The summed E-state index contributed by atoms with van der Waals surface area (Å²) in [6, 6.07) is 4.77. The van der Waals surface area contributed by atoms with Gasteiger partial charge in [0.25, 0.3) is 16.0 Å². The minimum atomic E-state index is -4.36. The number of amides is 2. The predicted octanol–water partition coefficient (Wildman–Crippen LogP) is 1.24. The van der Waals surface area contributed by atoms with E-state index in [1.807, 2.05) is 0 Å². The molecule has 11 heteroatoms. The summed E-state index contributed by atoms with van der Waals surface area (Å²) < 4.78 is 31.3. The van der Waals surface area contributed by atoms with Crippen LogP contribution in [0.1, 0.15) is 11.4 Å². The van der Waals surface area contributed by atoms with Gasteiger partial charge in [-0.15, -0.1) is 15.9 Å². The number of hydrogen-bond acceptors (Lipinski definition) is 7. The number of sulfonamides is 1. The minimum absolute atomic E-state index is 0.105. The van der Waals surface area contributed by atoms with E-state index in [-0.39, 0.29) is 22.6 Å². The fourth-order valence-electron chi connectivity index (χ4n) is 2.11. The van der Waals surface area contributed by atoms with Crippen LogP contribution in [0.2, 0.25) is 0 Å². The lowest BCUT2D eigenvalue weighted by Gasteiger charge is -2.20. The summed E-state index contributed by atoms with van der Waals surface area (Å²) in [5.74, 6) is -0.0724. The van der Waals surface area contributed by atoms with Crippen molar-refractivity contribution in [2.24, 2.45) is 5.73 Å². The number of carbonyl (C=O) groups excluding carboxylic acids is 1. The van der Waals surface area contributed by atoms with Crippen molar-refractivity contribution in [3.05, 3.63) is 35.7 Å². The van der Waals surface area contributed by atoms with Crippen molar-refractivity contribution in [3.8, 4) is 6.01 Å². The molecule has 0 atom stereocenters. The molecule has 2 aromatic rings. The van der Waals surface area contributed by atoms with Crippen LogP contribution >= 0.6 is 11.6 Å². The van der Waals surface area contributed by atoms with Gasteiger partial charge in [-0.05, 0) is 25.0 Å². The molecule has 0 saturated heterocycles. The number of urea groups is 1. The Balaban J connectivity index is 2.65. The molecule has 9 nitrogen and oxygen atoms in total. The molecule has 0 radical (unpaired) electrons. The molecule has 0 unspecified atom stereocenters. The number of carbonyl (C=O) groups is 1. The zero-order valence-corrected chi connectivity index (χ0v) is 15.1. The molecule has 0 fully saturated rings. The van der Waals surface area contributed by atoms with Crippen LogP contribution in [-0.4, -0.2) is 42.4 Å². The van der Waals surface area contributed by atoms with E-state index in [1.165, 1.54) is 26.2 Å². The van der Waals surface area contributed by atoms with E-state index >= 15 is 0 Å². The Kier molecular flexibility index (Phi) is 5.75. The first kappa shape index (κ1) is 18.9. The van der Waals surface area contributed by atoms with Gasteiger partial charge in [0.15, 0.2) is 0 Å². The van der Waals surface area contributed by atoms with Crippen molar-refractivity contribution in [1.29, 1.82) is 0 Å². The molecular formula is C14H16ClN5O4S. The highest BCUT2D eigenvalue weighted by atomic mass is 35.5. The average molecular weight is 386 g/mol. The molecule has 0 aliphatic carbocycles. The highest BCUT2D eigenvalue weighted by Crippen LogP contribution is 2.25. The van der Waals surface area contributed by atoms with Crippen LogP contribution in [-0.2, 0) is 16.4 Å². The number of aryl methyl sites for hydroxylation is 2. The summed E-state index contributed by atoms with van der Waals surface area (Å²) in [5, 5.41) is 0. The maximum Gasteiger partial charge on any atom is 0.336 e. The SMILES string of the molecule is COc1nc(C)nc(N(C(N)=O)S(=O)(=O)c2ccccc2CCCl)n1. The standard InChI is InChI=1S/C14H16ClN5O4S/c1-9-17-13(19-14(18-9)24-2)20(12(16)21)25(22,23)11-6-4-3-5-10(11)7-8-15/h3-6H,7-8H2,1-2H3,(H2,16,21). The Morgan fingerprint density at radius 3 is 2.56 bits per heavy atom. The highest BCUT2D eigenvalue weighted by molar-refractivity contribution is 7.93. The van der Waals surface area contributed by atoms with E-state index in [4.69, 9.17) is 22.1 Å². The summed E-state index contributed by atoms with van der Waals surface area (Å²) >= 11 is 5.73. The van der Waals surface area contributed by atoms with Gasteiger partial charge in [-0.1, -0.05) is 18.2 Å². The summed E-state index contributed by atoms with van der Waals surface area (Å²) in [5.41, 5.74) is 5.74. The van der Waals surface area contributed by atoms with Crippen LogP contribution in [0.15, 0.2) is 29.2 Å². The van der Waals surface area contributed by atoms with Gasteiger partial charge < -0.3 is 10.5 Å². The lowest BCUT2D eigenvalue weighted by atomic mass is 10.2. The van der Waals surface area contributed by atoms with Crippen molar-refractivity contribution >= 4 is 33.6 Å². The number of primary amides is 1. The summed E-state index contributed by atoms with van der Waals surface area (Å²) in [6.07, 6.45) is 0.295. The van der Waals surface area contributed by atoms with Crippen LogP contribution in [0.3, 0.4) is 0 Å². The largest absolute Gasteiger partial charge is 0.467 e. The number of halogens is 1.